The molecule has 2 heterocycles. The third-order valence-electron chi connectivity index (χ3n) is 1.74. The Labute approximate surface area is 89.4 Å². The fraction of sp³-hybridized carbons (Fsp3) is 0.250. The van der Waals surface area contributed by atoms with Gasteiger partial charge in [-0.05, 0) is 0 Å². The van der Waals surface area contributed by atoms with Crippen LogP contribution in [0, 0.1) is 0 Å². The molecule has 0 bridgehead atoms. The Morgan fingerprint density at radius 1 is 1.60 bits per heavy atom. The van der Waals surface area contributed by atoms with Gasteiger partial charge in [-0.25, -0.2) is 4.98 Å². The van der Waals surface area contributed by atoms with E-state index in [1.54, 1.807) is 23.1 Å². The van der Waals surface area contributed by atoms with Gasteiger partial charge in [0.05, 0.1) is 6.42 Å². The van der Waals surface area contributed by atoms with Crippen molar-refractivity contribution in [2.24, 2.45) is 0 Å². The Bertz CT molecular complexity index is 484. The molecule has 0 saturated carbocycles. The Kier molecular flexibility index (Phi) is 2.82. The van der Waals surface area contributed by atoms with Crippen molar-refractivity contribution in [1.29, 1.82) is 0 Å². The Morgan fingerprint density at radius 3 is 3.27 bits per heavy atom. The minimum atomic E-state index is -0.809. The maximum Gasteiger partial charge on any atom is 0.304 e. The molecule has 0 aliphatic carbocycles. The first kappa shape index (κ1) is 9.91. The Balaban J connectivity index is 2.13. The minimum absolute atomic E-state index is 0.113. The number of fused-ring (bicyclic) bond motifs is 1. The lowest BCUT2D eigenvalue weighted by Crippen LogP contribution is -1.97. The van der Waals surface area contributed by atoms with Crippen LogP contribution in [0.2, 0.25) is 0 Å². The molecule has 0 atom stereocenters. The molecule has 0 spiro atoms. The zero-order chi connectivity index (χ0) is 10.7. The molecule has 6 nitrogen and oxygen atoms in total. The molecule has 0 radical (unpaired) electrons. The average Bonchev–Trinajstić information content (AvgIpc) is 2.65. The number of carboxylic acids is 1. The van der Waals surface area contributed by atoms with Crippen LogP contribution in [0.1, 0.15) is 6.42 Å². The second kappa shape index (κ2) is 4.26. The van der Waals surface area contributed by atoms with Crippen molar-refractivity contribution in [3.8, 4) is 0 Å². The second-order valence-electron chi connectivity index (χ2n) is 2.79. The van der Waals surface area contributed by atoms with Crippen molar-refractivity contribution < 1.29 is 9.90 Å². The van der Waals surface area contributed by atoms with E-state index in [0.29, 0.717) is 16.4 Å². The van der Waals surface area contributed by atoms with Crippen LogP contribution < -0.4 is 0 Å². The van der Waals surface area contributed by atoms with Crippen LogP contribution in [0.5, 0.6) is 0 Å². The van der Waals surface area contributed by atoms with Crippen LogP contribution in [0.3, 0.4) is 0 Å². The highest BCUT2D eigenvalue weighted by atomic mass is 32.2. The van der Waals surface area contributed by atoms with E-state index in [1.165, 1.54) is 11.8 Å². The maximum absolute atomic E-state index is 10.3. The molecule has 0 fully saturated rings. The Hall–Kier alpha value is -1.63. The van der Waals surface area contributed by atoms with E-state index in [9.17, 15) is 4.79 Å². The lowest BCUT2D eigenvalue weighted by Gasteiger charge is -1.99. The van der Waals surface area contributed by atoms with Crippen molar-refractivity contribution in [1.82, 2.24) is 19.6 Å². The highest BCUT2D eigenvalue weighted by Crippen LogP contribution is 2.19. The molecule has 2 aromatic rings. The van der Waals surface area contributed by atoms with E-state index >= 15 is 0 Å². The van der Waals surface area contributed by atoms with Crippen LogP contribution >= 0.6 is 11.8 Å². The summed E-state index contributed by atoms with van der Waals surface area (Å²) < 4.78 is 1.75. The summed E-state index contributed by atoms with van der Waals surface area (Å²) in [7, 11) is 0. The summed E-state index contributed by atoms with van der Waals surface area (Å²) >= 11 is 1.37. The number of carboxylic acid groups (broad SMARTS) is 1. The number of aromatic nitrogens is 4. The van der Waals surface area contributed by atoms with Crippen molar-refractivity contribution >= 4 is 23.4 Å². The number of hydrogen-bond donors (Lipinski definition) is 1. The number of aliphatic carboxylic acids is 1. The van der Waals surface area contributed by atoms with Gasteiger partial charge < -0.3 is 5.11 Å². The summed E-state index contributed by atoms with van der Waals surface area (Å²) in [5.74, 6) is -0.328. The summed E-state index contributed by atoms with van der Waals surface area (Å²) in [6.07, 6.45) is 5.08. The van der Waals surface area contributed by atoms with Gasteiger partial charge in [0.1, 0.15) is 11.4 Å². The monoisotopic (exact) mass is 224 g/mol. The van der Waals surface area contributed by atoms with E-state index in [1.807, 2.05) is 0 Å². The van der Waals surface area contributed by atoms with Gasteiger partial charge in [-0.3, -0.25) is 9.20 Å². The van der Waals surface area contributed by atoms with Crippen LogP contribution in [-0.4, -0.2) is 36.4 Å². The summed E-state index contributed by atoms with van der Waals surface area (Å²) in [5.41, 5.74) is 0.660. The first-order valence-corrected chi connectivity index (χ1v) is 5.25. The van der Waals surface area contributed by atoms with Crippen molar-refractivity contribution in [3.63, 3.8) is 0 Å². The summed E-state index contributed by atoms with van der Waals surface area (Å²) in [4.78, 5) is 14.5. The quantitative estimate of drug-likeness (QED) is 0.769. The van der Waals surface area contributed by atoms with E-state index in [-0.39, 0.29) is 6.42 Å². The van der Waals surface area contributed by atoms with Gasteiger partial charge in [0, 0.05) is 18.1 Å². The van der Waals surface area contributed by atoms with Crippen molar-refractivity contribution in [2.45, 2.75) is 11.4 Å². The summed E-state index contributed by atoms with van der Waals surface area (Å²) in [6.45, 7) is 0. The maximum atomic E-state index is 10.3. The number of carbonyl (C=O) groups is 1. The van der Waals surface area contributed by atoms with Gasteiger partial charge in [0.15, 0.2) is 5.65 Å². The van der Waals surface area contributed by atoms with Gasteiger partial charge in [0.25, 0.3) is 0 Å². The fourth-order valence-electron chi connectivity index (χ4n) is 1.07. The normalized spacial score (nSPS) is 10.7. The minimum Gasteiger partial charge on any atom is -0.481 e. The SMILES string of the molecule is O=C(O)CCSc1nccn2cnnc12. The van der Waals surface area contributed by atoms with Gasteiger partial charge in [-0.2, -0.15) is 0 Å². The summed E-state index contributed by atoms with van der Waals surface area (Å²) in [5, 5.41) is 16.8. The van der Waals surface area contributed by atoms with Gasteiger partial charge in [0.2, 0.25) is 0 Å². The van der Waals surface area contributed by atoms with Gasteiger partial charge in [-0.1, -0.05) is 0 Å². The lowest BCUT2D eigenvalue weighted by atomic mass is 10.5. The summed E-state index contributed by atoms with van der Waals surface area (Å²) in [6, 6.07) is 0. The van der Waals surface area contributed by atoms with E-state index in [0.717, 1.165) is 0 Å². The average molecular weight is 224 g/mol. The molecule has 0 saturated heterocycles. The Morgan fingerprint density at radius 2 is 2.47 bits per heavy atom. The zero-order valence-corrected chi connectivity index (χ0v) is 8.52. The van der Waals surface area contributed by atoms with Crippen LogP contribution in [0.4, 0.5) is 0 Å². The highest BCUT2D eigenvalue weighted by molar-refractivity contribution is 7.99. The first-order valence-electron chi connectivity index (χ1n) is 4.26. The van der Waals surface area contributed by atoms with Crippen molar-refractivity contribution in [2.75, 3.05) is 5.75 Å². The standard InChI is InChI=1S/C8H8N4O2S/c13-6(14)1-4-15-8-7-11-10-5-12(7)3-2-9-8/h2-3,5H,1,4H2,(H,13,14). The first-order chi connectivity index (χ1) is 7.27. The topological polar surface area (TPSA) is 80.4 Å². The second-order valence-corrected chi connectivity index (χ2v) is 3.87. The van der Waals surface area contributed by atoms with Gasteiger partial charge >= 0.3 is 5.97 Å². The van der Waals surface area contributed by atoms with E-state index in [2.05, 4.69) is 15.2 Å². The van der Waals surface area contributed by atoms with Crippen LogP contribution in [0.15, 0.2) is 23.7 Å². The molecule has 0 aliphatic heterocycles. The number of rotatable bonds is 4. The molecule has 0 aromatic carbocycles. The predicted octanol–water partition coefficient (Wildman–Crippen LogP) is 0.691. The largest absolute Gasteiger partial charge is 0.481 e. The fourth-order valence-corrected chi connectivity index (χ4v) is 1.95. The third-order valence-corrected chi connectivity index (χ3v) is 2.71. The number of hydrogen-bond acceptors (Lipinski definition) is 5. The molecule has 1 N–H and O–H groups in total. The smallest absolute Gasteiger partial charge is 0.304 e. The molecular formula is C8H8N4O2S. The van der Waals surface area contributed by atoms with Gasteiger partial charge in [-0.15, -0.1) is 22.0 Å². The molecule has 0 amide bonds. The molecule has 0 aliphatic rings. The van der Waals surface area contributed by atoms with E-state index in [4.69, 9.17) is 5.11 Å². The molecule has 15 heavy (non-hydrogen) atoms. The highest BCUT2D eigenvalue weighted by Gasteiger charge is 2.06. The van der Waals surface area contributed by atoms with Crippen molar-refractivity contribution in [3.05, 3.63) is 18.7 Å². The molecular weight excluding hydrogens is 216 g/mol. The molecule has 2 aromatic heterocycles. The lowest BCUT2D eigenvalue weighted by molar-refractivity contribution is -0.136. The predicted molar refractivity (Wildman–Crippen MR) is 53.8 cm³/mol. The molecule has 7 heteroatoms. The zero-order valence-electron chi connectivity index (χ0n) is 7.70. The number of thioether (sulfide) groups is 1. The molecule has 2 rings (SSSR count). The molecule has 78 valence electrons. The number of nitrogens with zero attached hydrogens (tertiary/aromatic N) is 4. The third kappa shape index (κ3) is 2.24. The van der Waals surface area contributed by atoms with Crippen LogP contribution in [-0.2, 0) is 4.79 Å². The molecule has 0 unspecified atom stereocenters. The van der Waals surface area contributed by atoms with E-state index < -0.39 is 5.97 Å². The van der Waals surface area contributed by atoms with Crippen LogP contribution in [0.25, 0.3) is 5.65 Å².